The molecule has 4 rings (SSSR count). The standard InChI is InChI=1S/C34H38N2O14/c1-3-30(38)43-13-14-44-31(39)12-11-27(49-41)26-10-7-23(15-25(26)18-42-21-37)17-36-35-16-22-5-8-24(9-6-22)34(40)48-28-19-45-33-29(50-47-4-2)20-46-32(28)33/h3,5-10,15-17,21,27-29,32-33,41H,1,4,11-14,18-20H2,2H3/b35-16-,36-17-/t27?,28?,29-,32-,33-/m1/s1. The first-order valence-corrected chi connectivity index (χ1v) is 15.7. The number of nitrogens with zero attached hydrogens (tertiary/aromatic N) is 2. The SMILES string of the molecule is C=CC(=O)OCCOC(=O)CCC(OO)c1ccc(/C=N\N=C/c2ccc(C(=O)OC3CO[C@H]4[C@@H]3OC[C@H]4OOCC)cc2)cc1COC=O. The molecular formula is C34H38N2O14. The number of esters is 3. The highest BCUT2D eigenvalue weighted by Gasteiger charge is 2.50. The largest absolute Gasteiger partial charge is 0.463 e. The van der Waals surface area contributed by atoms with Gasteiger partial charge in [0.2, 0.25) is 0 Å². The van der Waals surface area contributed by atoms with Crippen molar-refractivity contribution in [2.75, 3.05) is 33.0 Å². The Balaban J connectivity index is 1.28. The van der Waals surface area contributed by atoms with Crippen LogP contribution in [0.5, 0.6) is 0 Å². The van der Waals surface area contributed by atoms with Crippen LogP contribution in [-0.4, -0.2) is 99.5 Å². The second-order valence-corrected chi connectivity index (χ2v) is 10.8. The van der Waals surface area contributed by atoms with Crippen LogP contribution in [0.1, 0.15) is 58.5 Å². The Morgan fingerprint density at radius 2 is 1.66 bits per heavy atom. The number of benzene rings is 2. The van der Waals surface area contributed by atoms with E-state index in [1.54, 1.807) is 42.5 Å². The summed E-state index contributed by atoms with van der Waals surface area (Å²) < 4.78 is 31.8. The Labute approximate surface area is 287 Å². The second-order valence-electron chi connectivity index (χ2n) is 10.8. The molecule has 2 aromatic rings. The fraction of sp³-hybridized carbons (Fsp3) is 0.412. The minimum atomic E-state index is -0.942. The van der Waals surface area contributed by atoms with Crippen LogP contribution in [0.3, 0.4) is 0 Å². The molecule has 2 heterocycles. The van der Waals surface area contributed by atoms with Crippen LogP contribution in [0.15, 0.2) is 65.3 Å². The molecule has 16 heteroatoms. The van der Waals surface area contributed by atoms with Gasteiger partial charge in [-0.2, -0.15) is 10.2 Å². The van der Waals surface area contributed by atoms with E-state index in [1.165, 1.54) is 12.4 Å². The molecule has 2 fully saturated rings. The third-order valence-electron chi connectivity index (χ3n) is 7.47. The van der Waals surface area contributed by atoms with Crippen LogP contribution >= 0.6 is 0 Å². The Kier molecular flexibility index (Phi) is 15.2. The Bertz CT molecular complexity index is 1510. The average Bonchev–Trinajstić information content (AvgIpc) is 3.73. The molecule has 268 valence electrons. The minimum Gasteiger partial charge on any atom is -0.463 e. The number of rotatable bonds is 20. The van der Waals surface area contributed by atoms with Gasteiger partial charge in [0.25, 0.3) is 6.47 Å². The Morgan fingerprint density at radius 1 is 0.980 bits per heavy atom. The average molecular weight is 699 g/mol. The summed E-state index contributed by atoms with van der Waals surface area (Å²) in [5.41, 5.74) is 2.57. The zero-order valence-electron chi connectivity index (χ0n) is 27.3. The van der Waals surface area contributed by atoms with Gasteiger partial charge in [-0.15, -0.1) is 0 Å². The molecule has 0 amide bonds. The highest BCUT2D eigenvalue weighted by Crippen LogP contribution is 2.31. The van der Waals surface area contributed by atoms with Crippen molar-refractivity contribution >= 4 is 36.8 Å². The lowest BCUT2D eigenvalue weighted by atomic mass is 9.97. The molecule has 2 saturated heterocycles. The van der Waals surface area contributed by atoms with Gasteiger partial charge in [0.1, 0.15) is 44.2 Å². The lowest BCUT2D eigenvalue weighted by molar-refractivity contribution is -0.330. The molecule has 1 N–H and O–H groups in total. The zero-order chi connectivity index (χ0) is 35.7. The molecule has 50 heavy (non-hydrogen) atoms. The van der Waals surface area contributed by atoms with Gasteiger partial charge >= 0.3 is 17.9 Å². The van der Waals surface area contributed by atoms with E-state index in [4.69, 9.17) is 38.2 Å². The third kappa shape index (κ3) is 11.1. The van der Waals surface area contributed by atoms with Crippen LogP contribution in [0.2, 0.25) is 0 Å². The van der Waals surface area contributed by atoms with E-state index in [9.17, 15) is 24.4 Å². The molecule has 0 aliphatic carbocycles. The van der Waals surface area contributed by atoms with Crippen LogP contribution in [0.25, 0.3) is 0 Å². The summed E-state index contributed by atoms with van der Waals surface area (Å²) in [6.45, 7) is 5.82. The maximum atomic E-state index is 12.8. The molecule has 16 nitrogen and oxygen atoms in total. The number of fused-ring (bicyclic) bond motifs is 1. The van der Waals surface area contributed by atoms with E-state index < -0.39 is 36.2 Å². The second kappa shape index (κ2) is 20.0. The van der Waals surface area contributed by atoms with Crippen LogP contribution in [-0.2, 0) is 64.1 Å². The summed E-state index contributed by atoms with van der Waals surface area (Å²) >= 11 is 0. The topological polar surface area (TPSA) is 196 Å². The molecule has 2 unspecified atom stereocenters. The molecule has 0 bridgehead atoms. The first kappa shape index (κ1) is 38.0. The van der Waals surface area contributed by atoms with Crippen molar-refractivity contribution in [3.05, 3.63) is 82.9 Å². The van der Waals surface area contributed by atoms with E-state index in [1.807, 2.05) is 6.92 Å². The quantitative estimate of drug-likeness (QED) is 0.0310. The summed E-state index contributed by atoms with van der Waals surface area (Å²) in [5.74, 6) is -1.75. The van der Waals surface area contributed by atoms with Crippen molar-refractivity contribution < 1.29 is 67.5 Å². The maximum absolute atomic E-state index is 12.8. The number of ether oxygens (including phenoxy) is 6. The van der Waals surface area contributed by atoms with Gasteiger partial charge in [-0.05, 0) is 53.8 Å². The van der Waals surface area contributed by atoms with Crippen molar-refractivity contribution in [1.29, 1.82) is 0 Å². The van der Waals surface area contributed by atoms with Crippen LogP contribution in [0.4, 0.5) is 0 Å². The molecule has 2 aliphatic rings. The third-order valence-corrected chi connectivity index (χ3v) is 7.47. The summed E-state index contributed by atoms with van der Waals surface area (Å²) in [5, 5.41) is 17.7. The molecule has 0 aromatic heterocycles. The van der Waals surface area contributed by atoms with Gasteiger partial charge < -0.3 is 28.4 Å². The first-order chi connectivity index (χ1) is 24.4. The molecule has 0 radical (unpaired) electrons. The van der Waals surface area contributed by atoms with E-state index in [0.717, 1.165) is 6.08 Å². The highest BCUT2D eigenvalue weighted by molar-refractivity contribution is 5.91. The van der Waals surface area contributed by atoms with Crippen molar-refractivity contribution in [2.45, 2.75) is 56.9 Å². The van der Waals surface area contributed by atoms with Gasteiger partial charge in [-0.1, -0.05) is 30.8 Å². The monoisotopic (exact) mass is 698 g/mol. The molecular weight excluding hydrogens is 660 g/mol. The molecule has 2 aliphatic heterocycles. The first-order valence-electron chi connectivity index (χ1n) is 15.7. The fourth-order valence-electron chi connectivity index (χ4n) is 5.09. The van der Waals surface area contributed by atoms with Crippen molar-refractivity contribution in [3.8, 4) is 0 Å². The zero-order valence-corrected chi connectivity index (χ0v) is 27.3. The van der Waals surface area contributed by atoms with Crippen molar-refractivity contribution in [2.24, 2.45) is 10.2 Å². The predicted octanol–water partition coefficient (Wildman–Crippen LogP) is 3.06. The van der Waals surface area contributed by atoms with Gasteiger partial charge in [-0.25, -0.2) is 24.3 Å². The number of hydrogen-bond acceptors (Lipinski definition) is 16. The fourth-order valence-corrected chi connectivity index (χ4v) is 5.09. The van der Waals surface area contributed by atoms with Crippen LogP contribution in [0, 0.1) is 0 Å². The lowest BCUT2D eigenvalue weighted by Gasteiger charge is -2.17. The summed E-state index contributed by atoms with van der Waals surface area (Å²) in [7, 11) is 0. The summed E-state index contributed by atoms with van der Waals surface area (Å²) in [4.78, 5) is 61.7. The predicted molar refractivity (Wildman–Crippen MR) is 172 cm³/mol. The van der Waals surface area contributed by atoms with Crippen LogP contribution < -0.4 is 0 Å². The molecule has 0 spiro atoms. The highest BCUT2D eigenvalue weighted by atomic mass is 17.2. The van der Waals surface area contributed by atoms with E-state index >= 15 is 0 Å². The Morgan fingerprint density at radius 3 is 2.36 bits per heavy atom. The molecule has 5 atom stereocenters. The normalized spacial score (nSPS) is 20.4. The number of carbonyl (C=O) groups is 4. The Hall–Kier alpha value is -4.84. The number of hydrogen-bond donors (Lipinski definition) is 1. The summed E-state index contributed by atoms with van der Waals surface area (Å²) in [6, 6.07) is 11.6. The van der Waals surface area contributed by atoms with Gasteiger partial charge in [0.05, 0.1) is 37.8 Å². The van der Waals surface area contributed by atoms with E-state index in [2.05, 4.69) is 21.7 Å². The van der Waals surface area contributed by atoms with Gasteiger partial charge in [0.15, 0.2) is 6.10 Å². The van der Waals surface area contributed by atoms with Gasteiger partial charge in [0, 0.05) is 12.5 Å². The molecule has 2 aromatic carbocycles. The smallest absolute Gasteiger partial charge is 0.338 e. The molecule has 0 saturated carbocycles. The van der Waals surface area contributed by atoms with Gasteiger partial charge in [-0.3, -0.25) is 14.8 Å². The number of carbonyl (C=O) groups excluding carboxylic acids is 4. The summed E-state index contributed by atoms with van der Waals surface area (Å²) in [6.07, 6.45) is 1.16. The van der Waals surface area contributed by atoms with Crippen molar-refractivity contribution in [3.63, 3.8) is 0 Å². The van der Waals surface area contributed by atoms with E-state index in [-0.39, 0.29) is 64.6 Å². The minimum absolute atomic E-state index is 0.0410. The maximum Gasteiger partial charge on any atom is 0.338 e. The lowest BCUT2D eigenvalue weighted by Crippen LogP contribution is -2.35. The van der Waals surface area contributed by atoms with Crippen molar-refractivity contribution in [1.82, 2.24) is 0 Å². The van der Waals surface area contributed by atoms with E-state index in [0.29, 0.717) is 34.4 Å².